The predicted octanol–water partition coefficient (Wildman–Crippen LogP) is 3.51. The standard InChI is InChI=1S/C15H11ClN2O5/c1-8-2-5-12(10(6-8)15(20)21)17-14(19)9-3-4-11(16)13(7-9)18(22)23/h2-7H,1H3,(H,17,19)(H,20,21). The molecule has 0 heterocycles. The van der Waals surface area contributed by atoms with Crippen molar-refractivity contribution in [1.82, 2.24) is 0 Å². The van der Waals surface area contributed by atoms with Crippen LogP contribution in [-0.2, 0) is 0 Å². The van der Waals surface area contributed by atoms with E-state index in [0.29, 0.717) is 0 Å². The summed E-state index contributed by atoms with van der Waals surface area (Å²) in [5.74, 6) is -1.86. The summed E-state index contributed by atoms with van der Waals surface area (Å²) in [5, 5.41) is 22.4. The first kappa shape index (κ1) is 16.4. The molecule has 0 bridgehead atoms. The Balaban J connectivity index is 2.35. The molecule has 1 amide bonds. The number of hydrogen-bond acceptors (Lipinski definition) is 4. The van der Waals surface area contributed by atoms with Gasteiger partial charge >= 0.3 is 5.97 Å². The van der Waals surface area contributed by atoms with Crippen molar-refractivity contribution in [1.29, 1.82) is 0 Å². The van der Waals surface area contributed by atoms with Gasteiger partial charge in [0.2, 0.25) is 0 Å². The van der Waals surface area contributed by atoms with Gasteiger partial charge in [0.05, 0.1) is 16.2 Å². The number of aromatic carboxylic acids is 1. The van der Waals surface area contributed by atoms with Crippen LogP contribution in [0.4, 0.5) is 11.4 Å². The average Bonchev–Trinajstić information content (AvgIpc) is 2.48. The monoisotopic (exact) mass is 334 g/mol. The predicted molar refractivity (Wildman–Crippen MR) is 84.2 cm³/mol. The summed E-state index contributed by atoms with van der Waals surface area (Å²) in [6.45, 7) is 1.72. The van der Waals surface area contributed by atoms with Crippen LogP contribution in [0.15, 0.2) is 36.4 Å². The van der Waals surface area contributed by atoms with Gasteiger partial charge in [0, 0.05) is 11.6 Å². The van der Waals surface area contributed by atoms with Gasteiger partial charge in [-0.2, -0.15) is 0 Å². The molecule has 0 aliphatic carbocycles. The van der Waals surface area contributed by atoms with Gasteiger partial charge in [-0.3, -0.25) is 14.9 Å². The van der Waals surface area contributed by atoms with Crippen molar-refractivity contribution in [2.75, 3.05) is 5.32 Å². The molecule has 0 atom stereocenters. The summed E-state index contributed by atoms with van der Waals surface area (Å²) in [7, 11) is 0. The van der Waals surface area contributed by atoms with Gasteiger partial charge in [-0.15, -0.1) is 0 Å². The molecule has 0 aromatic heterocycles. The number of nitrogens with zero attached hydrogens (tertiary/aromatic N) is 1. The number of aryl methyl sites for hydroxylation is 1. The number of hydrogen-bond donors (Lipinski definition) is 2. The summed E-state index contributed by atoms with van der Waals surface area (Å²) in [4.78, 5) is 33.6. The van der Waals surface area contributed by atoms with E-state index in [2.05, 4.69) is 5.32 Å². The molecule has 0 fully saturated rings. The Morgan fingerprint density at radius 2 is 1.91 bits per heavy atom. The van der Waals surface area contributed by atoms with Crippen LogP contribution in [0.1, 0.15) is 26.3 Å². The van der Waals surface area contributed by atoms with Crippen LogP contribution >= 0.6 is 11.6 Å². The molecule has 0 aliphatic rings. The highest BCUT2D eigenvalue weighted by atomic mass is 35.5. The van der Waals surface area contributed by atoms with Crippen LogP contribution in [0.2, 0.25) is 5.02 Å². The SMILES string of the molecule is Cc1ccc(NC(=O)c2ccc(Cl)c([N+](=O)[O-])c2)c(C(=O)O)c1. The van der Waals surface area contributed by atoms with Crippen molar-refractivity contribution in [3.05, 3.63) is 68.2 Å². The molecule has 2 aromatic carbocycles. The van der Waals surface area contributed by atoms with Crippen molar-refractivity contribution in [3.63, 3.8) is 0 Å². The quantitative estimate of drug-likeness (QED) is 0.656. The number of carbonyl (C=O) groups excluding carboxylic acids is 1. The lowest BCUT2D eigenvalue weighted by molar-refractivity contribution is -0.384. The van der Waals surface area contributed by atoms with Crippen LogP contribution < -0.4 is 5.32 Å². The van der Waals surface area contributed by atoms with Crippen molar-refractivity contribution in [2.24, 2.45) is 0 Å². The fourth-order valence-corrected chi connectivity index (χ4v) is 2.12. The van der Waals surface area contributed by atoms with E-state index in [-0.39, 0.29) is 21.8 Å². The van der Waals surface area contributed by atoms with Crippen LogP contribution in [-0.4, -0.2) is 21.9 Å². The molecule has 0 aliphatic heterocycles. The Morgan fingerprint density at radius 1 is 1.22 bits per heavy atom. The fraction of sp³-hybridized carbons (Fsp3) is 0.0667. The van der Waals surface area contributed by atoms with Gasteiger partial charge in [0.15, 0.2) is 0 Å². The average molecular weight is 335 g/mol. The zero-order chi connectivity index (χ0) is 17.1. The molecule has 2 rings (SSSR count). The molecule has 0 spiro atoms. The molecule has 0 saturated heterocycles. The van der Waals surface area contributed by atoms with E-state index in [9.17, 15) is 19.7 Å². The van der Waals surface area contributed by atoms with Crippen molar-refractivity contribution >= 4 is 34.9 Å². The van der Waals surface area contributed by atoms with Crippen molar-refractivity contribution in [2.45, 2.75) is 6.92 Å². The molecule has 8 heteroatoms. The minimum absolute atomic E-state index is 0.00184. The van der Waals surface area contributed by atoms with Crippen molar-refractivity contribution in [3.8, 4) is 0 Å². The normalized spacial score (nSPS) is 10.2. The van der Waals surface area contributed by atoms with Crippen LogP contribution in [0.3, 0.4) is 0 Å². The molecule has 2 aromatic rings. The van der Waals surface area contributed by atoms with E-state index in [1.54, 1.807) is 13.0 Å². The van der Waals surface area contributed by atoms with Gasteiger partial charge in [0.25, 0.3) is 11.6 Å². The molecule has 0 saturated carbocycles. The molecule has 7 nitrogen and oxygen atoms in total. The van der Waals surface area contributed by atoms with Crippen LogP contribution in [0, 0.1) is 17.0 Å². The summed E-state index contributed by atoms with van der Waals surface area (Å²) in [5.41, 5.74) is 0.356. The number of benzene rings is 2. The second-order valence-electron chi connectivity index (χ2n) is 4.73. The van der Waals surface area contributed by atoms with E-state index in [1.165, 1.54) is 24.3 Å². The number of anilines is 1. The molecule has 0 unspecified atom stereocenters. The highest BCUT2D eigenvalue weighted by Gasteiger charge is 2.18. The Labute approximate surface area is 135 Å². The third-order valence-electron chi connectivity index (χ3n) is 3.06. The highest BCUT2D eigenvalue weighted by Crippen LogP contribution is 2.26. The largest absolute Gasteiger partial charge is 0.478 e. The van der Waals surface area contributed by atoms with Gasteiger partial charge in [-0.25, -0.2) is 4.79 Å². The first-order chi connectivity index (χ1) is 10.8. The van der Waals surface area contributed by atoms with Crippen LogP contribution in [0.5, 0.6) is 0 Å². The van der Waals surface area contributed by atoms with Gasteiger partial charge in [-0.1, -0.05) is 23.2 Å². The summed E-state index contributed by atoms with van der Waals surface area (Å²) in [6.07, 6.45) is 0. The first-order valence-corrected chi connectivity index (χ1v) is 6.76. The van der Waals surface area contributed by atoms with Gasteiger partial charge < -0.3 is 10.4 Å². The Hall–Kier alpha value is -2.93. The van der Waals surface area contributed by atoms with E-state index in [0.717, 1.165) is 11.6 Å². The third kappa shape index (κ3) is 3.64. The Morgan fingerprint density at radius 3 is 2.52 bits per heavy atom. The lowest BCUT2D eigenvalue weighted by Crippen LogP contribution is -2.15. The lowest BCUT2D eigenvalue weighted by Gasteiger charge is -2.09. The summed E-state index contributed by atoms with van der Waals surface area (Å²) < 4.78 is 0. The zero-order valence-electron chi connectivity index (χ0n) is 11.9. The number of amides is 1. The maximum absolute atomic E-state index is 12.2. The number of carboxylic acids is 1. The van der Waals surface area contributed by atoms with E-state index < -0.39 is 22.5 Å². The lowest BCUT2D eigenvalue weighted by atomic mass is 10.1. The molecule has 2 N–H and O–H groups in total. The molecular formula is C15H11ClN2O5. The number of nitro groups is 1. The maximum Gasteiger partial charge on any atom is 0.337 e. The fourth-order valence-electron chi connectivity index (χ4n) is 1.93. The third-order valence-corrected chi connectivity index (χ3v) is 3.38. The molecular weight excluding hydrogens is 324 g/mol. The van der Waals surface area contributed by atoms with Gasteiger partial charge in [-0.05, 0) is 31.2 Å². The van der Waals surface area contributed by atoms with Gasteiger partial charge in [0.1, 0.15) is 5.02 Å². The zero-order valence-corrected chi connectivity index (χ0v) is 12.6. The Kier molecular flexibility index (Phi) is 4.61. The number of nitrogens with one attached hydrogen (secondary N) is 1. The molecule has 0 radical (unpaired) electrons. The number of halogens is 1. The van der Waals surface area contributed by atoms with Crippen LogP contribution in [0.25, 0.3) is 0 Å². The molecule has 118 valence electrons. The second-order valence-corrected chi connectivity index (χ2v) is 5.14. The summed E-state index contributed by atoms with van der Waals surface area (Å²) >= 11 is 5.69. The van der Waals surface area contributed by atoms with Crippen molar-refractivity contribution < 1.29 is 19.6 Å². The van der Waals surface area contributed by atoms with E-state index in [1.807, 2.05) is 0 Å². The van der Waals surface area contributed by atoms with E-state index in [4.69, 9.17) is 16.7 Å². The van der Waals surface area contributed by atoms with E-state index >= 15 is 0 Å². The highest BCUT2D eigenvalue weighted by molar-refractivity contribution is 6.32. The first-order valence-electron chi connectivity index (χ1n) is 6.39. The number of carboxylic acid groups (broad SMARTS) is 1. The summed E-state index contributed by atoms with van der Waals surface area (Å²) in [6, 6.07) is 8.11. The Bertz CT molecular complexity index is 820. The number of carbonyl (C=O) groups is 2. The number of rotatable bonds is 4. The number of nitro benzene ring substituents is 1. The smallest absolute Gasteiger partial charge is 0.337 e. The topological polar surface area (TPSA) is 110 Å². The second kappa shape index (κ2) is 6.45. The molecule has 23 heavy (non-hydrogen) atoms. The minimum Gasteiger partial charge on any atom is -0.478 e. The minimum atomic E-state index is -1.19. The maximum atomic E-state index is 12.2.